The molecule has 0 saturated heterocycles. The lowest BCUT2D eigenvalue weighted by Crippen LogP contribution is -2.47. The van der Waals surface area contributed by atoms with E-state index in [-0.39, 0.29) is 5.91 Å². The Kier molecular flexibility index (Phi) is 5.77. The third-order valence-corrected chi connectivity index (χ3v) is 3.57. The summed E-state index contributed by atoms with van der Waals surface area (Å²) in [5, 5.41) is 0. The van der Waals surface area contributed by atoms with E-state index in [2.05, 4.69) is 11.8 Å². The number of hydrogen-bond donors (Lipinski definition) is 2. The predicted octanol–water partition coefficient (Wildman–Crippen LogP) is 0.844. The van der Waals surface area contributed by atoms with Crippen molar-refractivity contribution in [2.24, 2.45) is 11.5 Å². The lowest BCUT2D eigenvalue weighted by molar-refractivity contribution is -0.120. The zero-order valence-corrected chi connectivity index (χ0v) is 10.3. The van der Waals surface area contributed by atoms with Crippen molar-refractivity contribution in [2.75, 3.05) is 13.1 Å². The van der Waals surface area contributed by atoms with Gasteiger partial charge in [-0.15, -0.1) is 0 Å². The molecule has 1 aliphatic rings. The van der Waals surface area contributed by atoms with Crippen molar-refractivity contribution in [3.05, 3.63) is 0 Å². The van der Waals surface area contributed by atoms with Crippen LogP contribution in [0.25, 0.3) is 0 Å². The number of primary amides is 1. The van der Waals surface area contributed by atoms with Crippen molar-refractivity contribution >= 4 is 5.91 Å². The van der Waals surface area contributed by atoms with Crippen LogP contribution in [0, 0.1) is 0 Å². The fraction of sp³-hybridized carbons (Fsp3) is 0.917. The molecule has 4 heteroatoms. The monoisotopic (exact) mass is 227 g/mol. The first-order valence-corrected chi connectivity index (χ1v) is 6.43. The maximum atomic E-state index is 11.1. The summed E-state index contributed by atoms with van der Waals surface area (Å²) < 4.78 is 0. The molecule has 1 unspecified atom stereocenters. The standard InChI is InChI=1S/C12H25N3O/c1-2-10(7-8-13)15(9-12(14)16)11-5-3-4-6-11/h10-11H,2-9,13H2,1H3,(H2,14,16). The molecule has 0 aromatic carbocycles. The van der Waals surface area contributed by atoms with Gasteiger partial charge in [0.05, 0.1) is 6.54 Å². The third-order valence-electron chi connectivity index (χ3n) is 3.57. The van der Waals surface area contributed by atoms with Gasteiger partial charge in [-0.3, -0.25) is 9.69 Å². The van der Waals surface area contributed by atoms with Crippen LogP contribution in [0.4, 0.5) is 0 Å². The van der Waals surface area contributed by atoms with Gasteiger partial charge in [-0.05, 0) is 32.2 Å². The van der Waals surface area contributed by atoms with Crippen molar-refractivity contribution in [3.63, 3.8) is 0 Å². The lowest BCUT2D eigenvalue weighted by atomic mass is 10.1. The highest BCUT2D eigenvalue weighted by molar-refractivity contribution is 5.76. The van der Waals surface area contributed by atoms with Gasteiger partial charge >= 0.3 is 0 Å². The maximum Gasteiger partial charge on any atom is 0.231 e. The van der Waals surface area contributed by atoms with E-state index in [9.17, 15) is 4.79 Å². The van der Waals surface area contributed by atoms with Gasteiger partial charge < -0.3 is 11.5 Å². The number of carbonyl (C=O) groups is 1. The lowest BCUT2D eigenvalue weighted by Gasteiger charge is -2.35. The summed E-state index contributed by atoms with van der Waals surface area (Å²) in [6.45, 7) is 3.23. The zero-order valence-electron chi connectivity index (χ0n) is 10.3. The second-order valence-corrected chi connectivity index (χ2v) is 4.72. The SMILES string of the molecule is CCC(CCN)N(CC(N)=O)C1CCCC1. The van der Waals surface area contributed by atoms with E-state index in [1.807, 2.05) is 0 Å². The van der Waals surface area contributed by atoms with Crippen LogP contribution in [0.3, 0.4) is 0 Å². The Hall–Kier alpha value is -0.610. The number of nitrogens with zero attached hydrogens (tertiary/aromatic N) is 1. The van der Waals surface area contributed by atoms with Crippen LogP contribution >= 0.6 is 0 Å². The quantitative estimate of drug-likeness (QED) is 0.677. The largest absolute Gasteiger partial charge is 0.369 e. The summed E-state index contributed by atoms with van der Waals surface area (Å²) in [6.07, 6.45) is 6.96. The minimum Gasteiger partial charge on any atom is -0.369 e. The van der Waals surface area contributed by atoms with Gasteiger partial charge in [-0.1, -0.05) is 19.8 Å². The normalized spacial score (nSPS) is 19.2. The van der Waals surface area contributed by atoms with E-state index in [1.165, 1.54) is 25.7 Å². The Balaban J connectivity index is 2.62. The summed E-state index contributed by atoms with van der Waals surface area (Å²) >= 11 is 0. The first-order chi connectivity index (χ1) is 7.69. The van der Waals surface area contributed by atoms with Gasteiger partial charge in [0.15, 0.2) is 0 Å². The first kappa shape index (κ1) is 13.5. The molecule has 16 heavy (non-hydrogen) atoms. The highest BCUT2D eigenvalue weighted by Gasteiger charge is 2.28. The van der Waals surface area contributed by atoms with Gasteiger partial charge in [0.2, 0.25) is 5.91 Å². The number of nitrogens with two attached hydrogens (primary N) is 2. The summed E-state index contributed by atoms with van der Waals surface area (Å²) in [4.78, 5) is 13.4. The summed E-state index contributed by atoms with van der Waals surface area (Å²) in [5.41, 5.74) is 11.0. The van der Waals surface area contributed by atoms with Gasteiger partial charge in [-0.25, -0.2) is 0 Å². The van der Waals surface area contributed by atoms with Crippen molar-refractivity contribution in [1.82, 2.24) is 4.90 Å². The van der Waals surface area contributed by atoms with Crippen LogP contribution < -0.4 is 11.5 Å². The molecule has 4 N–H and O–H groups in total. The molecule has 1 amide bonds. The van der Waals surface area contributed by atoms with E-state index in [1.54, 1.807) is 0 Å². The van der Waals surface area contributed by atoms with Crippen molar-refractivity contribution in [2.45, 2.75) is 57.5 Å². The molecule has 1 fully saturated rings. The Morgan fingerprint density at radius 3 is 2.50 bits per heavy atom. The molecule has 0 spiro atoms. The highest BCUT2D eigenvalue weighted by atomic mass is 16.1. The molecule has 1 rings (SSSR count). The molecule has 0 aromatic heterocycles. The fourth-order valence-corrected chi connectivity index (χ4v) is 2.77. The Labute approximate surface area is 98.3 Å². The van der Waals surface area contributed by atoms with E-state index >= 15 is 0 Å². The average Bonchev–Trinajstić information content (AvgIpc) is 2.76. The zero-order chi connectivity index (χ0) is 12.0. The van der Waals surface area contributed by atoms with Gasteiger partial charge in [0.25, 0.3) is 0 Å². The molecule has 0 aliphatic heterocycles. The molecule has 1 saturated carbocycles. The van der Waals surface area contributed by atoms with Crippen LogP contribution in [0.5, 0.6) is 0 Å². The van der Waals surface area contributed by atoms with Crippen LogP contribution in [-0.4, -0.2) is 36.0 Å². The van der Waals surface area contributed by atoms with Gasteiger partial charge in [0, 0.05) is 12.1 Å². The summed E-state index contributed by atoms with van der Waals surface area (Å²) in [5.74, 6) is -0.220. The number of hydrogen-bond acceptors (Lipinski definition) is 3. The smallest absolute Gasteiger partial charge is 0.231 e. The van der Waals surface area contributed by atoms with Crippen molar-refractivity contribution < 1.29 is 4.79 Å². The summed E-state index contributed by atoms with van der Waals surface area (Å²) in [6, 6.07) is 0.963. The molecular weight excluding hydrogens is 202 g/mol. The highest BCUT2D eigenvalue weighted by Crippen LogP contribution is 2.26. The number of amides is 1. The fourth-order valence-electron chi connectivity index (χ4n) is 2.77. The minimum atomic E-state index is -0.220. The number of rotatable bonds is 7. The Bertz CT molecular complexity index is 214. The van der Waals surface area contributed by atoms with E-state index in [4.69, 9.17) is 11.5 Å². The van der Waals surface area contributed by atoms with E-state index < -0.39 is 0 Å². The van der Waals surface area contributed by atoms with Crippen LogP contribution in [0.1, 0.15) is 45.4 Å². The Morgan fingerprint density at radius 1 is 1.44 bits per heavy atom. The number of carbonyl (C=O) groups excluding carboxylic acids is 1. The predicted molar refractivity (Wildman–Crippen MR) is 65.9 cm³/mol. The van der Waals surface area contributed by atoms with Crippen molar-refractivity contribution in [1.29, 1.82) is 0 Å². The van der Waals surface area contributed by atoms with Gasteiger partial charge in [0.1, 0.15) is 0 Å². The van der Waals surface area contributed by atoms with Crippen molar-refractivity contribution in [3.8, 4) is 0 Å². The molecule has 0 radical (unpaired) electrons. The van der Waals surface area contributed by atoms with E-state index in [0.717, 1.165) is 12.8 Å². The molecule has 1 aliphatic carbocycles. The average molecular weight is 227 g/mol. The third kappa shape index (κ3) is 3.76. The molecule has 4 nitrogen and oxygen atoms in total. The Morgan fingerprint density at radius 2 is 2.06 bits per heavy atom. The summed E-state index contributed by atoms with van der Waals surface area (Å²) in [7, 11) is 0. The maximum absolute atomic E-state index is 11.1. The second kappa shape index (κ2) is 6.86. The topological polar surface area (TPSA) is 72.3 Å². The van der Waals surface area contributed by atoms with Crippen LogP contribution in [-0.2, 0) is 4.79 Å². The van der Waals surface area contributed by atoms with Crippen LogP contribution in [0.15, 0.2) is 0 Å². The molecule has 0 heterocycles. The second-order valence-electron chi connectivity index (χ2n) is 4.72. The van der Waals surface area contributed by atoms with Gasteiger partial charge in [-0.2, -0.15) is 0 Å². The molecule has 1 atom stereocenters. The molecule has 0 bridgehead atoms. The first-order valence-electron chi connectivity index (χ1n) is 6.43. The van der Waals surface area contributed by atoms with E-state index in [0.29, 0.717) is 25.2 Å². The molecule has 94 valence electrons. The van der Waals surface area contributed by atoms with Crippen LogP contribution in [0.2, 0.25) is 0 Å². The minimum absolute atomic E-state index is 0.220. The molecular formula is C12H25N3O. The molecule has 0 aromatic rings.